The molecule has 2 amide bonds. The number of amides is 2. The molecule has 0 aromatic heterocycles. The molecule has 1 aromatic rings. The van der Waals surface area contributed by atoms with E-state index in [0.29, 0.717) is 18.8 Å². The van der Waals surface area contributed by atoms with Crippen LogP contribution in [0.25, 0.3) is 0 Å². The lowest BCUT2D eigenvalue weighted by Gasteiger charge is -2.17. The Labute approximate surface area is 109 Å². The summed E-state index contributed by atoms with van der Waals surface area (Å²) in [5, 5.41) is 2.57. The van der Waals surface area contributed by atoms with Crippen molar-refractivity contribution in [1.82, 2.24) is 4.90 Å². The van der Waals surface area contributed by atoms with E-state index in [1.165, 1.54) is 4.90 Å². The van der Waals surface area contributed by atoms with E-state index >= 15 is 0 Å². The number of halogens is 1. The second-order valence-corrected chi connectivity index (χ2v) is 4.35. The fourth-order valence-electron chi connectivity index (χ4n) is 1.37. The maximum Gasteiger partial charge on any atom is 0.313 e. The van der Waals surface area contributed by atoms with E-state index in [9.17, 15) is 9.59 Å². The first-order valence-electron chi connectivity index (χ1n) is 5.44. The van der Waals surface area contributed by atoms with Gasteiger partial charge in [-0.2, -0.15) is 0 Å². The van der Waals surface area contributed by atoms with Crippen molar-refractivity contribution in [2.45, 2.75) is 13.8 Å². The molecule has 0 heterocycles. The maximum atomic E-state index is 11.7. The van der Waals surface area contributed by atoms with Gasteiger partial charge in [-0.25, -0.2) is 0 Å². The maximum absolute atomic E-state index is 11.7. The molecule has 92 valence electrons. The van der Waals surface area contributed by atoms with Crippen molar-refractivity contribution < 1.29 is 9.59 Å². The van der Waals surface area contributed by atoms with Gasteiger partial charge in [-0.15, -0.1) is 0 Å². The zero-order valence-electron chi connectivity index (χ0n) is 9.87. The SMILES string of the molecule is CCN(CC)C(=O)C(=O)Nc1ccc(Br)cc1. The monoisotopic (exact) mass is 298 g/mol. The minimum Gasteiger partial charge on any atom is -0.335 e. The molecule has 1 N–H and O–H groups in total. The van der Waals surface area contributed by atoms with Gasteiger partial charge in [-0.1, -0.05) is 15.9 Å². The zero-order chi connectivity index (χ0) is 12.8. The summed E-state index contributed by atoms with van der Waals surface area (Å²) in [4.78, 5) is 24.8. The van der Waals surface area contributed by atoms with E-state index in [0.717, 1.165) is 4.47 Å². The Bertz CT molecular complexity index is 399. The number of benzene rings is 1. The molecule has 0 saturated carbocycles. The summed E-state index contributed by atoms with van der Waals surface area (Å²) >= 11 is 3.30. The van der Waals surface area contributed by atoms with Crippen molar-refractivity contribution in [2.75, 3.05) is 18.4 Å². The minimum atomic E-state index is -0.601. The third kappa shape index (κ3) is 3.85. The van der Waals surface area contributed by atoms with Crippen LogP contribution in [0.15, 0.2) is 28.7 Å². The standard InChI is InChI=1S/C12H15BrN2O2/c1-3-15(4-2)12(17)11(16)14-10-7-5-9(13)6-8-10/h5-8H,3-4H2,1-2H3,(H,14,16). The Morgan fingerprint density at radius 3 is 2.18 bits per heavy atom. The molecule has 0 aliphatic heterocycles. The summed E-state index contributed by atoms with van der Waals surface area (Å²) < 4.78 is 0.922. The smallest absolute Gasteiger partial charge is 0.313 e. The molecule has 0 aliphatic rings. The number of carbonyl (C=O) groups excluding carboxylic acids is 2. The Morgan fingerprint density at radius 2 is 1.71 bits per heavy atom. The molecule has 0 aliphatic carbocycles. The molecule has 0 spiro atoms. The van der Waals surface area contributed by atoms with Crippen LogP contribution in [0.4, 0.5) is 5.69 Å². The summed E-state index contributed by atoms with van der Waals surface area (Å²) in [7, 11) is 0. The average molecular weight is 299 g/mol. The number of anilines is 1. The predicted molar refractivity (Wildman–Crippen MR) is 70.7 cm³/mol. The number of carbonyl (C=O) groups is 2. The molecule has 5 heteroatoms. The highest BCUT2D eigenvalue weighted by Crippen LogP contribution is 2.14. The highest BCUT2D eigenvalue weighted by Gasteiger charge is 2.18. The molecule has 0 atom stereocenters. The van der Waals surface area contributed by atoms with Gasteiger partial charge in [0.15, 0.2) is 0 Å². The van der Waals surface area contributed by atoms with E-state index < -0.39 is 11.8 Å². The van der Waals surface area contributed by atoms with Crippen LogP contribution in [0.5, 0.6) is 0 Å². The van der Waals surface area contributed by atoms with Crippen molar-refractivity contribution in [3.05, 3.63) is 28.7 Å². The summed E-state index contributed by atoms with van der Waals surface area (Å²) in [5.74, 6) is -1.10. The Balaban J connectivity index is 2.66. The highest BCUT2D eigenvalue weighted by atomic mass is 79.9. The van der Waals surface area contributed by atoms with Crippen LogP contribution in [0.1, 0.15) is 13.8 Å². The first kappa shape index (κ1) is 13.7. The first-order valence-corrected chi connectivity index (χ1v) is 6.23. The second-order valence-electron chi connectivity index (χ2n) is 3.44. The van der Waals surface area contributed by atoms with Gasteiger partial charge >= 0.3 is 11.8 Å². The van der Waals surface area contributed by atoms with E-state index in [1.807, 2.05) is 13.8 Å². The van der Waals surface area contributed by atoms with Crippen LogP contribution in [0, 0.1) is 0 Å². The van der Waals surface area contributed by atoms with Crippen LogP contribution in [0.3, 0.4) is 0 Å². The second kappa shape index (κ2) is 6.39. The molecule has 0 fully saturated rings. The van der Waals surface area contributed by atoms with Gasteiger partial charge in [0, 0.05) is 23.2 Å². The lowest BCUT2D eigenvalue weighted by molar-refractivity contribution is -0.142. The van der Waals surface area contributed by atoms with Crippen LogP contribution in [-0.4, -0.2) is 29.8 Å². The molecule has 4 nitrogen and oxygen atoms in total. The summed E-state index contributed by atoms with van der Waals surface area (Å²) in [6, 6.07) is 7.07. The lowest BCUT2D eigenvalue weighted by Crippen LogP contribution is -2.39. The quantitative estimate of drug-likeness (QED) is 0.870. The zero-order valence-corrected chi connectivity index (χ0v) is 11.5. The average Bonchev–Trinajstić information content (AvgIpc) is 2.33. The van der Waals surface area contributed by atoms with E-state index in [-0.39, 0.29) is 0 Å². The molecule has 0 unspecified atom stereocenters. The van der Waals surface area contributed by atoms with Crippen LogP contribution >= 0.6 is 15.9 Å². The number of rotatable bonds is 3. The lowest BCUT2D eigenvalue weighted by atomic mass is 10.3. The summed E-state index contributed by atoms with van der Waals surface area (Å²) in [6.07, 6.45) is 0. The number of nitrogens with one attached hydrogen (secondary N) is 1. The number of nitrogens with zero attached hydrogens (tertiary/aromatic N) is 1. The molecular weight excluding hydrogens is 284 g/mol. The summed E-state index contributed by atoms with van der Waals surface area (Å²) in [5.41, 5.74) is 0.610. The van der Waals surface area contributed by atoms with Gasteiger partial charge in [-0.3, -0.25) is 9.59 Å². The number of hydrogen-bond donors (Lipinski definition) is 1. The van der Waals surface area contributed by atoms with Crippen molar-refractivity contribution >= 4 is 33.4 Å². The molecule has 0 saturated heterocycles. The Kier molecular flexibility index (Phi) is 5.15. The van der Waals surface area contributed by atoms with Gasteiger partial charge in [-0.05, 0) is 38.1 Å². The Hall–Kier alpha value is -1.36. The molecule has 17 heavy (non-hydrogen) atoms. The van der Waals surface area contributed by atoms with Gasteiger partial charge in [0.2, 0.25) is 0 Å². The third-order valence-corrected chi connectivity index (χ3v) is 2.88. The van der Waals surface area contributed by atoms with Crippen molar-refractivity contribution in [1.29, 1.82) is 0 Å². The third-order valence-electron chi connectivity index (χ3n) is 2.35. The Morgan fingerprint density at radius 1 is 1.18 bits per heavy atom. The van der Waals surface area contributed by atoms with Gasteiger partial charge in [0.05, 0.1) is 0 Å². The largest absolute Gasteiger partial charge is 0.335 e. The van der Waals surface area contributed by atoms with Crippen LogP contribution in [0.2, 0.25) is 0 Å². The van der Waals surface area contributed by atoms with E-state index in [2.05, 4.69) is 21.2 Å². The molecule has 0 bridgehead atoms. The van der Waals surface area contributed by atoms with Gasteiger partial charge in [0.1, 0.15) is 0 Å². The van der Waals surface area contributed by atoms with Crippen molar-refractivity contribution in [3.8, 4) is 0 Å². The van der Waals surface area contributed by atoms with E-state index in [4.69, 9.17) is 0 Å². The predicted octanol–water partition coefficient (Wildman–Crippen LogP) is 2.26. The number of likely N-dealkylation sites (N-methyl/N-ethyl adjacent to an activating group) is 1. The normalized spacial score (nSPS) is 9.82. The molecule has 0 radical (unpaired) electrons. The van der Waals surface area contributed by atoms with Crippen molar-refractivity contribution in [2.24, 2.45) is 0 Å². The topological polar surface area (TPSA) is 49.4 Å². The van der Waals surface area contributed by atoms with Crippen molar-refractivity contribution in [3.63, 3.8) is 0 Å². The van der Waals surface area contributed by atoms with Crippen LogP contribution < -0.4 is 5.32 Å². The molecular formula is C12H15BrN2O2. The first-order chi connectivity index (χ1) is 8.08. The number of hydrogen-bond acceptors (Lipinski definition) is 2. The van der Waals surface area contributed by atoms with E-state index in [1.54, 1.807) is 24.3 Å². The molecule has 1 rings (SSSR count). The minimum absolute atomic E-state index is 0.502. The fourth-order valence-corrected chi connectivity index (χ4v) is 1.64. The summed E-state index contributed by atoms with van der Waals surface area (Å²) in [6.45, 7) is 4.74. The van der Waals surface area contributed by atoms with Gasteiger partial charge < -0.3 is 10.2 Å². The molecule has 1 aromatic carbocycles. The highest BCUT2D eigenvalue weighted by molar-refractivity contribution is 9.10. The fraction of sp³-hybridized carbons (Fsp3) is 0.333. The van der Waals surface area contributed by atoms with Gasteiger partial charge in [0.25, 0.3) is 0 Å². The van der Waals surface area contributed by atoms with Crippen LogP contribution in [-0.2, 0) is 9.59 Å².